The second-order valence-corrected chi connectivity index (χ2v) is 7.33. The van der Waals surface area contributed by atoms with Gasteiger partial charge in [-0.25, -0.2) is 0 Å². The van der Waals surface area contributed by atoms with Gasteiger partial charge in [-0.1, -0.05) is 44.8 Å². The number of hydrogen-bond donors (Lipinski definition) is 1. The van der Waals surface area contributed by atoms with Crippen LogP contribution in [0.3, 0.4) is 0 Å². The van der Waals surface area contributed by atoms with Gasteiger partial charge < -0.3 is 9.84 Å². The van der Waals surface area contributed by atoms with Crippen molar-refractivity contribution in [2.45, 2.75) is 0 Å². The van der Waals surface area contributed by atoms with Crippen LogP contribution < -0.4 is 5.32 Å². The molecule has 28 heavy (non-hydrogen) atoms. The molecule has 1 amide bonds. The van der Waals surface area contributed by atoms with Crippen molar-refractivity contribution in [2.75, 3.05) is 5.32 Å². The van der Waals surface area contributed by atoms with E-state index in [4.69, 9.17) is 16.1 Å². The summed E-state index contributed by atoms with van der Waals surface area (Å²) in [7, 11) is 0. The predicted molar refractivity (Wildman–Crippen MR) is 112 cm³/mol. The van der Waals surface area contributed by atoms with Crippen LogP contribution in [0.15, 0.2) is 81.8 Å². The molecule has 0 atom stereocenters. The summed E-state index contributed by atoms with van der Waals surface area (Å²) in [4.78, 5) is 16.7. The van der Waals surface area contributed by atoms with Gasteiger partial charge in [0.1, 0.15) is 0 Å². The third-order valence-corrected chi connectivity index (χ3v) is 4.71. The molecule has 0 spiro atoms. The van der Waals surface area contributed by atoms with Crippen molar-refractivity contribution in [3.05, 3.63) is 87.9 Å². The summed E-state index contributed by atoms with van der Waals surface area (Å²) < 4.78 is 6.29. The fraction of sp³-hybridized carbons (Fsp3) is 0. The highest BCUT2D eigenvalue weighted by Gasteiger charge is 2.12. The summed E-state index contributed by atoms with van der Waals surface area (Å²) in [5, 5.41) is 7.39. The highest BCUT2D eigenvalue weighted by atomic mass is 79.9. The number of amides is 1. The van der Waals surface area contributed by atoms with Crippen molar-refractivity contribution < 1.29 is 9.32 Å². The van der Waals surface area contributed by atoms with Gasteiger partial charge in [0.05, 0.1) is 0 Å². The Hall–Kier alpha value is -2.96. The van der Waals surface area contributed by atoms with E-state index in [0.29, 0.717) is 28.0 Å². The Bertz CT molecular complexity index is 1140. The second-order valence-electron chi connectivity index (χ2n) is 5.98. The maximum Gasteiger partial charge on any atom is 0.258 e. The number of carbonyl (C=O) groups is 1. The number of aromatic nitrogens is 2. The molecule has 4 rings (SSSR count). The number of nitrogens with zero attached hydrogens (tertiary/aromatic N) is 2. The van der Waals surface area contributed by atoms with Crippen LogP contribution in [0.5, 0.6) is 0 Å². The molecule has 4 aromatic rings. The van der Waals surface area contributed by atoms with Gasteiger partial charge in [0.15, 0.2) is 0 Å². The second kappa shape index (κ2) is 7.96. The maximum absolute atomic E-state index is 12.3. The first-order valence-electron chi connectivity index (χ1n) is 8.35. The molecule has 0 aliphatic rings. The molecule has 0 aliphatic heterocycles. The lowest BCUT2D eigenvalue weighted by Crippen LogP contribution is -2.11. The fourth-order valence-electron chi connectivity index (χ4n) is 2.62. The van der Waals surface area contributed by atoms with Crippen LogP contribution in [0.1, 0.15) is 10.4 Å². The lowest BCUT2D eigenvalue weighted by Gasteiger charge is -2.06. The molecule has 7 heteroatoms. The number of rotatable bonds is 4. The molecule has 0 saturated carbocycles. The lowest BCUT2D eigenvalue weighted by molar-refractivity contribution is 0.102. The Labute approximate surface area is 174 Å². The standard InChI is InChI=1S/C21H13BrClN3O2/c22-16-5-1-4-15(11-16)21-25-19(26-28-21)13-7-9-18(10-8-13)24-20(27)14-3-2-6-17(23)12-14/h1-12H,(H,24,27). The molecule has 138 valence electrons. The summed E-state index contributed by atoms with van der Waals surface area (Å²) in [5.41, 5.74) is 2.77. The number of carbonyl (C=O) groups excluding carboxylic acids is 1. The Morgan fingerprint density at radius 1 is 0.964 bits per heavy atom. The van der Waals surface area contributed by atoms with Crippen LogP contribution in [0.4, 0.5) is 5.69 Å². The third kappa shape index (κ3) is 4.13. The maximum atomic E-state index is 12.3. The summed E-state index contributed by atoms with van der Waals surface area (Å²) in [5.74, 6) is 0.684. The molecule has 1 heterocycles. The molecule has 0 unspecified atom stereocenters. The van der Waals surface area contributed by atoms with Gasteiger partial charge in [-0.05, 0) is 60.7 Å². The first-order chi connectivity index (χ1) is 13.6. The number of anilines is 1. The van der Waals surface area contributed by atoms with Crippen LogP contribution in [-0.2, 0) is 0 Å². The van der Waals surface area contributed by atoms with Crippen molar-refractivity contribution in [1.82, 2.24) is 10.1 Å². The van der Waals surface area contributed by atoms with E-state index in [9.17, 15) is 4.79 Å². The number of nitrogens with one attached hydrogen (secondary N) is 1. The zero-order chi connectivity index (χ0) is 19.5. The van der Waals surface area contributed by atoms with Crippen LogP contribution >= 0.6 is 27.5 Å². The molecule has 0 radical (unpaired) electrons. The third-order valence-electron chi connectivity index (χ3n) is 3.99. The van der Waals surface area contributed by atoms with E-state index in [1.54, 1.807) is 36.4 Å². The lowest BCUT2D eigenvalue weighted by atomic mass is 10.1. The van der Waals surface area contributed by atoms with E-state index >= 15 is 0 Å². The van der Waals surface area contributed by atoms with Gasteiger partial charge in [0.2, 0.25) is 5.82 Å². The molecule has 0 aliphatic carbocycles. The smallest absolute Gasteiger partial charge is 0.258 e. The van der Waals surface area contributed by atoms with E-state index in [-0.39, 0.29) is 5.91 Å². The van der Waals surface area contributed by atoms with Crippen LogP contribution in [-0.4, -0.2) is 16.0 Å². The Balaban J connectivity index is 1.50. The SMILES string of the molecule is O=C(Nc1ccc(-c2noc(-c3cccc(Br)c3)n2)cc1)c1cccc(Cl)c1. The summed E-state index contributed by atoms with van der Waals surface area (Å²) in [6, 6.07) is 21.6. The van der Waals surface area contributed by atoms with Crippen molar-refractivity contribution in [1.29, 1.82) is 0 Å². The van der Waals surface area contributed by atoms with Gasteiger partial charge in [0, 0.05) is 31.9 Å². The zero-order valence-electron chi connectivity index (χ0n) is 14.4. The largest absolute Gasteiger partial charge is 0.334 e. The molecule has 0 saturated heterocycles. The first kappa shape index (κ1) is 18.4. The number of hydrogen-bond acceptors (Lipinski definition) is 4. The van der Waals surface area contributed by atoms with Gasteiger partial charge >= 0.3 is 0 Å². The van der Waals surface area contributed by atoms with E-state index in [1.807, 2.05) is 36.4 Å². The van der Waals surface area contributed by atoms with Gasteiger partial charge in [-0.2, -0.15) is 4.98 Å². The fourth-order valence-corrected chi connectivity index (χ4v) is 3.20. The number of benzene rings is 3. The van der Waals surface area contributed by atoms with Crippen LogP contribution in [0.25, 0.3) is 22.8 Å². The Morgan fingerprint density at radius 3 is 2.50 bits per heavy atom. The molecule has 5 nitrogen and oxygen atoms in total. The van der Waals surface area contributed by atoms with Crippen molar-refractivity contribution in [3.8, 4) is 22.8 Å². The van der Waals surface area contributed by atoms with E-state index in [2.05, 4.69) is 31.4 Å². The average molecular weight is 455 g/mol. The van der Waals surface area contributed by atoms with Crippen molar-refractivity contribution in [2.24, 2.45) is 0 Å². The molecule has 1 aromatic heterocycles. The predicted octanol–water partition coefficient (Wildman–Crippen LogP) is 6.07. The molecule has 0 fully saturated rings. The summed E-state index contributed by atoms with van der Waals surface area (Å²) in [6.07, 6.45) is 0. The van der Waals surface area contributed by atoms with Crippen LogP contribution in [0, 0.1) is 0 Å². The topological polar surface area (TPSA) is 68.0 Å². The van der Waals surface area contributed by atoms with Gasteiger partial charge in [0.25, 0.3) is 11.8 Å². The van der Waals surface area contributed by atoms with E-state index in [1.165, 1.54) is 0 Å². The molecular weight excluding hydrogens is 442 g/mol. The summed E-state index contributed by atoms with van der Waals surface area (Å²) >= 11 is 9.36. The minimum Gasteiger partial charge on any atom is -0.334 e. The van der Waals surface area contributed by atoms with Crippen molar-refractivity contribution >= 4 is 39.1 Å². The highest BCUT2D eigenvalue weighted by molar-refractivity contribution is 9.10. The van der Waals surface area contributed by atoms with Crippen LogP contribution in [0.2, 0.25) is 5.02 Å². The minimum atomic E-state index is -0.230. The molecule has 1 N–H and O–H groups in total. The first-order valence-corrected chi connectivity index (χ1v) is 9.52. The van der Waals surface area contributed by atoms with Gasteiger partial charge in [-0.3, -0.25) is 4.79 Å². The zero-order valence-corrected chi connectivity index (χ0v) is 16.7. The van der Waals surface area contributed by atoms with E-state index < -0.39 is 0 Å². The molecular formula is C21H13BrClN3O2. The molecule has 3 aromatic carbocycles. The number of halogens is 2. The minimum absolute atomic E-state index is 0.230. The van der Waals surface area contributed by atoms with E-state index in [0.717, 1.165) is 15.6 Å². The summed E-state index contributed by atoms with van der Waals surface area (Å²) in [6.45, 7) is 0. The Kier molecular flexibility index (Phi) is 5.23. The Morgan fingerprint density at radius 2 is 1.75 bits per heavy atom. The molecule has 0 bridgehead atoms. The monoisotopic (exact) mass is 453 g/mol. The van der Waals surface area contributed by atoms with Crippen molar-refractivity contribution in [3.63, 3.8) is 0 Å². The quantitative estimate of drug-likeness (QED) is 0.406. The highest BCUT2D eigenvalue weighted by Crippen LogP contribution is 2.25. The average Bonchev–Trinajstić information content (AvgIpc) is 3.19. The normalized spacial score (nSPS) is 10.6. The van der Waals surface area contributed by atoms with Gasteiger partial charge in [-0.15, -0.1) is 0 Å².